The summed E-state index contributed by atoms with van der Waals surface area (Å²) in [7, 11) is 0. The Morgan fingerprint density at radius 2 is 2.00 bits per heavy atom. The topological polar surface area (TPSA) is 113 Å². The number of aliphatic hydroxyl groups is 2. The van der Waals surface area contributed by atoms with Gasteiger partial charge in [-0.3, -0.25) is 9.59 Å². The van der Waals surface area contributed by atoms with E-state index in [0.717, 1.165) is 0 Å². The maximum atomic E-state index is 17.3. The number of halogens is 1. The van der Waals surface area contributed by atoms with Gasteiger partial charge in [-0.25, -0.2) is 9.18 Å². The van der Waals surface area contributed by atoms with Crippen molar-refractivity contribution < 1.29 is 33.7 Å². The number of ether oxygens (including phenoxy) is 1. The SMILES string of the molecule is CCC(C)NC(=O)O[C@@]1(C(=O)CO)[C@@H](C)CC2C3CCC4=CC(=O)C=C[C@]4(C)C3(F)[C@@H](O)C[C@@]21C. The van der Waals surface area contributed by atoms with Crippen molar-refractivity contribution >= 4 is 17.7 Å². The predicted octanol–water partition coefficient (Wildman–Crippen LogP) is 3.43. The Morgan fingerprint density at radius 3 is 2.63 bits per heavy atom. The van der Waals surface area contributed by atoms with Crippen molar-refractivity contribution in [3.63, 3.8) is 0 Å². The second-order valence-electron chi connectivity index (χ2n) is 11.6. The molecule has 4 aliphatic rings. The van der Waals surface area contributed by atoms with Crippen molar-refractivity contribution in [2.24, 2.45) is 28.6 Å². The van der Waals surface area contributed by atoms with Crippen molar-refractivity contribution in [1.29, 1.82) is 0 Å². The molecule has 3 N–H and O–H groups in total. The van der Waals surface area contributed by atoms with Gasteiger partial charge in [-0.1, -0.05) is 32.4 Å². The minimum absolute atomic E-state index is 0.109. The molecule has 7 nitrogen and oxygen atoms in total. The molecule has 0 aromatic carbocycles. The van der Waals surface area contributed by atoms with E-state index in [9.17, 15) is 24.6 Å². The van der Waals surface area contributed by atoms with Gasteiger partial charge in [0.2, 0.25) is 5.78 Å². The number of Topliss-reactive ketones (excluding diaryl/α,β-unsaturated/α-hetero) is 1. The third-order valence-electron chi connectivity index (χ3n) is 9.97. The molecular weight excluding hydrogens is 453 g/mol. The highest BCUT2D eigenvalue weighted by atomic mass is 19.1. The lowest BCUT2D eigenvalue weighted by molar-refractivity contribution is -0.219. The minimum atomic E-state index is -2.05. The van der Waals surface area contributed by atoms with Crippen LogP contribution in [0.2, 0.25) is 0 Å². The van der Waals surface area contributed by atoms with Gasteiger partial charge in [-0.05, 0) is 64.0 Å². The third kappa shape index (κ3) is 3.31. The molecule has 0 heterocycles. The molecule has 4 rings (SSSR count). The molecule has 35 heavy (non-hydrogen) atoms. The lowest BCUT2D eigenvalue weighted by atomic mass is 9.44. The van der Waals surface area contributed by atoms with Gasteiger partial charge in [0.25, 0.3) is 0 Å². The van der Waals surface area contributed by atoms with Gasteiger partial charge in [0, 0.05) is 28.7 Å². The number of ketones is 2. The second-order valence-corrected chi connectivity index (χ2v) is 11.6. The summed E-state index contributed by atoms with van der Waals surface area (Å²) in [5, 5.41) is 24.2. The highest BCUT2D eigenvalue weighted by Crippen LogP contribution is 2.71. The molecule has 4 unspecified atom stereocenters. The first-order valence-electron chi connectivity index (χ1n) is 12.8. The quantitative estimate of drug-likeness (QED) is 0.543. The van der Waals surface area contributed by atoms with E-state index < -0.39 is 58.5 Å². The van der Waals surface area contributed by atoms with E-state index in [1.165, 1.54) is 12.2 Å². The van der Waals surface area contributed by atoms with E-state index in [1.807, 2.05) is 13.8 Å². The van der Waals surface area contributed by atoms with Gasteiger partial charge in [0.1, 0.15) is 6.61 Å². The molecule has 0 aromatic rings. The van der Waals surface area contributed by atoms with E-state index in [-0.39, 0.29) is 24.2 Å². The average Bonchev–Trinajstić information content (AvgIpc) is 3.01. The summed E-state index contributed by atoms with van der Waals surface area (Å²) in [6.07, 6.45) is 4.11. The lowest BCUT2D eigenvalue weighted by Crippen LogP contribution is -2.70. The standard InChI is InChI=1S/C27H38FNO6/c1-6-16(3)29-23(34)35-27(22(33)14-30)15(2)11-20-19-8-7-17-12-18(31)9-10-24(17,4)26(19,28)21(32)13-25(20,27)5/h9-10,12,15-16,19-21,30,32H,6-8,11,13-14H2,1-5H3,(H,29,34)/t15-,16?,19?,20?,21-,24-,25-,26?,27+/m0/s1. The molecule has 0 saturated heterocycles. The Kier molecular flexibility index (Phi) is 6.33. The van der Waals surface area contributed by atoms with Gasteiger partial charge >= 0.3 is 6.09 Å². The Labute approximate surface area is 206 Å². The fraction of sp³-hybridized carbons (Fsp3) is 0.741. The number of nitrogens with one attached hydrogen (secondary N) is 1. The average molecular weight is 492 g/mol. The van der Waals surface area contributed by atoms with Crippen LogP contribution in [0.4, 0.5) is 9.18 Å². The van der Waals surface area contributed by atoms with Crippen molar-refractivity contribution in [1.82, 2.24) is 5.32 Å². The normalized spacial score (nSPS) is 45.0. The Morgan fingerprint density at radius 1 is 1.31 bits per heavy atom. The molecule has 0 bridgehead atoms. The molecule has 1 amide bonds. The summed E-state index contributed by atoms with van der Waals surface area (Å²) in [5.41, 5.74) is -5.28. The summed E-state index contributed by atoms with van der Waals surface area (Å²) in [6, 6.07) is -0.177. The van der Waals surface area contributed by atoms with Crippen LogP contribution in [0.3, 0.4) is 0 Å². The fourth-order valence-corrected chi connectivity index (χ4v) is 8.00. The Balaban J connectivity index is 1.79. The van der Waals surface area contributed by atoms with Gasteiger partial charge in [0.05, 0.1) is 6.10 Å². The third-order valence-corrected chi connectivity index (χ3v) is 9.97. The first-order chi connectivity index (χ1) is 16.3. The number of fused-ring (bicyclic) bond motifs is 5. The van der Waals surface area contributed by atoms with Crippen molar-refractivity contribution in [3.8, 4) is 0 Å². The van der Waals surface area contributed by atoms with Gasteiger partial charge in [0.15, 0.2) is 17.1 Å². The monoisotopic (exact) mass is 491 g/mol. The van der Waals surface area contributed by atoms with Crippen LogP contribution in [-0.2, 0) is 14.3 Å². The van der Waals surface area contributed by atoms with Crippen LogP contribution in [0.5, 0.6) is 0 Å². The number of carbonyl (C=O) groups is 3. The molecule has 0 aromatic heterocycles. The summed E-state index contributed by atoms with van der Waals surface area (Å²) in [4.78, 5) is 38.3. The van der Waals surface area contributed by atoms with E-state index in [4.69, 9.17) is 4.74 Å². The van der Waals surface area contributed by atoms with Crippen molar-refractivity contribution in [3.05, 3.63) is 23.8 Å². The lowest BCUT2D eigenvalue weighted by Gasteiger charge is -2.62. The van der Waals surface area contributed by atoms with Crippen LogP contribution in [0.1, 0.15) is 66.7 Å². The summed E-state index contributed by atoms with van der Waals surface area (Å²) in [5.74, 6) is -2.28. The molecule has 8 heteroatoms. The van der Waals surface area contributed by atoms with E-state index in [0.29, 0.717) is 31.3 Å². The van der Waals surface area contributed by atoms with E-state index in [1.54, 1.807) is 26.8 Å². The van der Waals surface area contributed by atoms with E-state index >= 15 is 4.39 Å². The highest BCUT2D eigenvalue weighted by molar-refractivity contribution is 6.01. The molecule has 0 radical (unpaired) electrons. The van der Waals surface area contributed by atoms with Crippen LogP contribution in [0, 0.1) is 28.6 Å². The van der Waals surface area contributed by atoms with E-state index in [2.05, 4.69) is 5.32 Å². The zero-order valence-electron chi connectivity index (χ0n) is 21.3. The molecule has 0 aliphatic heterocycles. The highest BCUT2D eigenvalue weighted by Gasteiger charge is 2.77. The Hall–Kier alpha value is -2.06. The molecule has 3 fully saturated rings. The first kappa shape index (κ1) is 26.0. The number of alkyl carbamates (subject to hydrolysis) is 1. The number of carbonyl (C=O) groups excluding carboxylic acids is 3. The van der Waals surface area contributed by atoms with Crippen LogP contribution < -0.4 is 5.32 Å². The first-order valence-corrected chi connectivity index (χ1v) is 12.8. The summed E-state index contributed by atoms with van der Waals surface area (Å²) in [6.45, 7) is 8.24. The summed E-state index contributed by atoms with van der Waals surface area (Å²) >= 11 is 0. The largest absolute Gasteiger partial charge is 0.434 e. The van der Waals surface area contributed by atoms with Crippen molar-refractivity contribution in [2.45, 2.75) is 90.1 Å². The molecule has 9 atom stereocenters. The number of rotatable bonds is 5. The minimum Gasteiger partial charge on any atom is -0.434 e. The smallest absolute Gasteiger partial charge is 0.408 e. The molecular formula is C27H38FNO6. The number of alkyl halides is 1. The van der Waals surface area contributed by atoms with Gasteiger partial charge in [-0.15, -0.1) is 0 Å². The maximum Gasteiger partial charge on any atom is 0.408 e. The molecule has 194 valence electrons. The van der Waals surface area contributed by atoms with Crippen LogP contribution >= 0.6 is 0 Å². The number of allylic oxidation sites excluding steroid dienone is 4. The van der Waals surface area contributed by atoms with Crippen LogP contribution in [0.15, 0.2) is 23.8 Å². The van der Waals surface area contributed by atoms with Crippen LogP contribution in [-0.4, -0.2) is 57.9 Å². The van der Waals surface area contributed by atoms with Crippen molar-refractivity contribution in [2.75, 3.05) is 6.61 Å². The number of hydrogen-bond donors (Lipinski definition) is 3. The molecule has 0 spiro atoms. The summed E-state index contributed by atoms with van der Waals surface area (Å²) < 4.78 is 23.3. The second kappa shape index (κ2) is 8.51. The molecule has 4 aliphatic carbocycles. The van der Waals surface area contributed by atoms with Gasteiger partial charge in [-0.2, -0.15) is 0 Å². The number of aliphatic hydroxyl groups excluding tert-OH is 2. The van der Waals surface area contributed by atoms with Crippen LogP contribution in [0.25, 0.3) is 0 Å². The fourth-order valence-electron chi connectivity index (χ4n) is 8.00. The van der Waals surface area contributed by atoms with Gasteiger partial charge < -0.3 is 20.3 Å². The number of hydrogen-bond acceptors (Lipinski definition) is 6. The molecule has 3 saturated carbocycles. The number of amides is 1. The predicted molar refractivity (Wildman–Crippen MR) is 127 cm³/mol. The Bertz CT molecular complexity index is 994. The maximum absolute atomic E-state index is 17.3. The zero-order valence-corrected chi connectivity index (χ0v) is 21.3. The zero-order chi connectivity index (χ0) is 26.0.